The molecule has 0 fully saturated rings. The number of carboxylic acid groups (broad SMARTS) is 1. The molecular formula is C18H14N2O3. The number of benzene rings is 2. The monoisotopic (exact) mass is 306 g/mol. The molecule has 0 saturated heterocycles. The van der Waals surface area contributed by atoms with Gasteiger partial charge in [-0.1, -0.05) is 42.5 Å². The highest BCUT2D eigenvalue weighted by atomic mass is 16.4. The van der Waals surface area contributed by atoms with E-state index in [0.29, 0.717) is 0 Å². The second-order valence-electron chi connectivity index (χ2n) is 5.14. The maximum atomic E-state index is 12.1. The molecule has 5 heteroatoms. The Bertz CT molecular complexity index is 890. The van der Waals surface area contributed by atoms with E-state index in [4.69, 9.17) is 5.11 Å². The van der Waals surface area contributed by atoms with E-state index in [2.05, 4.69) is 10.3 Å². The van der Waals surface area contributed by atoms with Crippen molar-refractivity contribution in [1.29, 1.82) is 0 Å². The van der Waals surface area contributed by atoms with Crippen LogP contribution in [0.2, 0.25) is 0 Å². The van der Waals surface area contributed by atoms with E-state index in [1.165, 1.54) is 18.3 Å². The zero-order valence-electron chi connectivity index (χ0n) is 12.2. The van der Waals surface area contributed by atoms with Gasteiger partial charge in [0, 0.05) is 6.20 Å². The molecule has 2 aromatic carbocycles. The summed E-state index contributed by atoms with van der Waals surface area (Å²) in [6.45, 7) is 0. The van der Waals surface area contributed by atoms with Crippen molar-refractivity contribution < 1.29 is 14.7 Å². The quantitative estimate of drug-likeness (QED) is 0.776. The van der Waals surface area contributed by atoms with Gasteiger partial charge in [0.1, 0.15) is 5.82 Å². The molecule has 23 heavy (non-hydrogen) atoms. The van der Waals surface area contributed by atoms with Gasteiger partial charge in [-0.2, -0.15) is 0 Å². The summed E-state index contributed by atoms with van der Waals surface area (Å²) in [6.07, 6.45) is 1.55. The molecule has 5 nitrogen and oxygen atoms in total. The number of pyridine rings is 1. The van der Waals surface area contributed by atoms with E-state index in [0.717, 1.165) is 16.3 Å². The molecule has 0 atom stereocenters. The van der Waals surface area contributed by atoms with E-state index in [9.17, 15) is 9.59 Å². The van der Waals surface area contributed by atoms with E-state index < -0.39 is 5.97 Å². The standard InChI is InChI=1S/C18H14N2O3/c21-17(20-16-11-15(18(22)23)7-8-19-16)10-12-5-6-13-3-1-2-4-14(13)9-12/h1-9,11H,10H2,(H,22,23)(H,19,20,21). The van der Waals surface area contributed by atoms with Gasteiger partial charge < -0.3 is 10.4 Å². The molecule has 0 radical (unpaired) electrons. The van der Waals surface area contributed by atoms with Crippen LogP contribution in [0.5, 0.6) is 0 Å². The van der Waals surface area contributed by atoms with Crippen molar-refractivity contribution in [3.05, 3.63) is 71.9 Å². The van der Waals surface area contributed by atoms with Gasteiger partial charge in [-0.3, -0.25) is 4.79 Å². The lowest BCUT2D eigenvalue weighted by Gasteiger charge is -2.06. The number of rotatable bonds is 4. The van der Waals surface area contributed by atoms with Gasteiger partial charge in [-0.25, -0.2) is 9.78 Å². The van der Waals surface area contributed by atoms with Crippen LogP contribution in [0.25, 0.3) is 10.8 Å². The minimum Gasteiger partial charge on any atom is -0.478 e. The minimum absolute atomic E-state index is 0.0843. The predicted molar refractivity (Wildman–Crippen MR) is 87.5 cm³/mol. The Morgan fingerprint density at radius 1 is 1.00 bits per heavy atom. The fourth-order valence-electron chi connectivity index (χ4n) is 2.35. The lowest BCUT2D eigenvalue weighted by atomic mass is 10.0. The fraction of sp³-hybridized carbons (Fsp3) is 0.0556. The van der Waals surface area contributed by atoms with Crippen molar-refractivity contribution in [2.75, 3.05) is 5.32 Å². The third-order valence-corrected chi connectivity index (χ3v) is 3.45. The van der Waals surface area contributed by atoms with E-state index in [-0.39, 0.29) is 23.7 Å². The summed E-state index contributed by atoms with van der Waals surface area (Å²) < 4.78 is 0. The fourth-order valence-corrected chi connectivity index (χ4v) is 2.35. The van der Waals surface area contributed by atoms with Crippen molar-refractivity contribution in [1.82, 2.24) is 4.98 Å². The van der Waals surface area contributed by atoms with Crippen molar-refractivity contribution in [3.63, 3.8) is 0 Å². The van der Waals surface area contributed by atoms with Crippen LogP contribution < -0.4 is 5.32 Å². The minimum atomic E-state index is -1.06. The number of aromatic carboxylic acids is 1. The smallest absolute Gasteiger partial charge is 0.335 e. The molecule has 0 unspecified atom stereocenters. The Labute approximate surface area is 132 Å². The zero-order valence-corrected chi connectivity index (χ0v) is 12.2. The first-order valence-corrected chi connectivity index (χ1v) is 7.09. The summed E-state index contributed by atoms with van der Waals surface area (Å²) >= 11 is 0. The Balaban J connectivity index is 1.73. The van der Waals surface area contributed by atoms with Crippen LogP contribution >= 0.6 is 0 Å². The molecule has 1 heterocycles. The number of hydrogen-bond acceptors (Lipinski definition) is 3. The molecule has 0 aliphatic heterocycles. The van der Waals surface area contributed by atoms with Crippen molar-refractivity contribution >= 4 is 28.5 Å². The highest BCUT2D eigenvalue weighted by Crippen LogP contribution is 2.16. The molecule has 0 aliphatic rings. The lowest BCUT2D eigenvalue weighted by molar-refractivity contribution is -0.115. The van der Waals surface area contributed by atoms with Gasteiger partial charge in [0.25, 0.3) is 0 Å². The summed E-state index contributed by atoms with van der Waals surface area (Å²) in [5, 5.41) is 13.8. The largest absolute Gasteiger partial charge is 0.478 e. The van der Waals surface area contributed by atoms with Crippen LogP contribution in [0.1, 0.15) is 15.9 Å². The SMILES string of the molecule is O=C(Cc1ccc2ccccc2c1)Nc1cc(C(=O)O)ccn1. The van der Waals surface area contributed by atoms with Crippen LogP contribution in [0.4, 0.5) is 5.82 Å². The summed E-state index contributed by atoms with van der Waals surface area (Å²) in [7, 11) is 0. The third-order valence-electron chi connectivity index (χ3n) is 3.45. The molecule has 3 aromatic rings. The highest BCUT2D eigenvalue weighted by molar-refractivity contribution is 5.94. The molecule has 0 aliphatic carbocycles. The molecule has 2 N–H and O–H groups in total. The number of nitrogens with one attached hydrogen (secondary N) is 1. The second kappa shape index (κ2) is 6.27. The predicted octanol–water partition coefficient (Wildman–Crippen LogP) is 3.11. The number of carbonyl (C=O) groups is 2. The van der Waals surface area contributed by atoms with Gasteiger partial charge in [0.15, 0.2) is 0 Å². The first-order chi connectivity index (χ1) is 11.1. The average molecular weight is 306 g/mol. The number of amides is 1. The number of carboxylic acids is 1. The van der Waals surface area contributed by atoms with Crippen molar-refractivity contribution in [2.24, 2.45) is 0 Å². The zero-order chi connectivity index (χ0) is 16.2. The van der Waals surface area contributed by atoms with Gasteiger partial charge in [-0.15, -0.1) is 0 Å². The summed E-state index contributed by atoms with van der Waals surface area (Å²) in [4.78, 5) is 27.0. The number of hydrogen-bond donors (Lipinski definition) is 2. The van der Waals surface area contributed by atoms with Crippen LogP contribution in [-0.4, -0.2) is 22.0 Å². The first-order valence-electron chi connectivity index (χ1n) is 7.09. The molecule has 1 aromatic heterocycles. The van der Waals surface area contributed by atoms with E-state index in [1.807, 2.05) is 42.5 Å². The van der Waals surface area contributed by atoms with Crippen LogP contribution in [0.3, 0.4) is 0 Å². The molecule has 1 amide bonds. The van der Waals surface area contributed by atoms with E-state index >= 15 is 0 Å². The number of carbonyl (C=O) groups excluding carboxylic acids is 1. The lowest BCUT2D eigenvalue weighted by Crippen LogP contribution is -2.15. The summed E-state index contributed by atoms with van der Waals surface area (Å²) in [5.74, 6) is -1.07. The van der Waals surface area contributed by atoms with Crippen LogP contribution in [0.15, 0.2) is 60.8 Å². The maximum Gasteiger partial charge on any atom is 0.335 e. The third kappa shape index (κ3) is 3.52. The Morgan fingerprint density at radius 2 is 1.78 bits per heavy atom. The molecule has 0 spiro atoms. The summed E-state index contributed by atoms with van der Waals surface area (Å²) in [6, 6.07) is 16.5. The number of anilines is 1. The van der Waals surface area contributed by atoms with Crippen molar-refractivity contribution in [3.8, 4) is 0 Å². The molecule has 3 rings (SSSR count). The molecule has 114 valence electrons. The average Bonchev–Trinajstić information content (AvgIpc) is 2.55. The maximum absolute atomic E-state index is 12.1. The first kappa shape index (κ1) is 14.7. The van der Waals surface area contributed by atoms with E-state index in [1.54, 1.807) is 0 Å². The number of nitrogens with zero attached hydrogens (tertiary/aromatic N) is 1. The second-order valence-corrected chi connectivity index (χ2v) is 5.14. The summed E-state index contributed by atoms with van der Waals surface area (Å²) in [5.41, 5.74) is 0.969. The van der Waals surface area contributed by atoms with Crippen LogP contribution in [-0.2, 0) is 11.2 Å². The topological polar surface area (TPSA) is 79.3 Å². The Hall–Kier alpha value is -3.21. The molecule has 0 saturated carbocycles. The van der Waals surface area contributed by atoms with Gasteiger partial charge >= 0.3 is 5.97 Å². The number of fused-ring (bicyclic) bond motifs is 1. The molecular weight excluding hydrogens is 292 g/mol. The Kier molecular flexibility index (Phi) is 4.01. The highest BCUT2D eigenvalue weighted by Gasteiger charge is 2.08. The van der Waals surface area contributed by atoms with Gasteiger partial charge in [-0.05, 0) is 28.5 Å². The van der Waals surface area contributed by atoms with Crippen LogP contribution in [0, 0.1) is 0 Å². The Morgan fingerprint density at radius 3 is 2.57 bits per heavy atom. The van der Waals surface area contributed by atoms with Gasteiger partial charge in [0.2, 0.25) is 5.91 Å². The molecule has 0 bridgehead atoms. The van der Waals surface area contributed by atoms with Crippen molar-refractivity contribution in [2.45, 2.75) is 6.42 Å². The normalized spacial score (nSPS) is 10.4. The van der Waals surface area contributed by atoms with Gasteiger partial charge in [0.05, 0.1) is 12.0 Å². The number of aromatic nitrogens is 1.